The van der Waals surface area contributed by atoms with Gasteiger partial charge in [0.05, 0.1) is 11.6 Å². The number of pyridine rings is 1. The van der Waals surface area contributed by atoms with Gasteiger partial charge in [-0.1, -0.05) is 54.6 Å². The first-order valence-electron chi connectivity index (χ1n) is 11.2. The molecule has 2 N–H and O–H groups in total. The third-order valence-corrected chi connectivity index (χ3v) is 6.42. The number of anilines is 1. The van der Waals surface area contributed by atoms with E-state index >= 15 is 0 Å². The Morgan fingerprint density at radius 3 is 2.33 bits per heavy atom. The number of fused-ring (bicyclic) bond motifs is 2. The van der Waals surface area contributed by atoms with Crippen LogP contribution in [0.4, 0.5) is 5.69 Å². The molecule has 5 aromatic rings. The molecule has 0 saturated heterocycles. The van der Waals surface area contributed by atoms with Crippen molar-refractivity contribution < 1.29 is 4.52 Å². The van der Waals surface area contributed by atoms with Gasteiger partial charge in [-0.25, -0.2) is 0 Å². The summed E-state index contributed by atoms with van der Waals surface area (Å²) in [5.41, 5.74) is 8.26. The first-order valence-corrected chi connectivity index (χ1v) is 11.2. The fourth-order valence-electron chi connectivity index (χ4n) is 4.98. The molecule has 5 heteroatoms. The zero-order chi connectivity index (χ0) is 22.4. The lowest BCUT2D eigenvalue weighted by Gasteiger charge is -2.17. The van der Waals surface area contributed by atoms with Crippen molar-refractivity contribution in [1.82, 2.24) is 10.1 Å². The highest BCUT2D eigenvalue weighted by Gasteiger charge is 2.22. The maximum Gasteiger partial charge on any atom is 0.280 e. The van der Waals surface area contributed by atoms with Gasteiger partial charge in [-0.2, -0.15) is 5.16 Å². The minimum atomic E-state index is -0.264. The number of aromatic nitrogens is 2. The van der Waals surface area contributed by atoms with Crippen molar-refractivity contribution in [1.29, 1.82) is 0 Å². The van der Waals surface area contributed by atoms with E-state index in [0.717, 1.165) is 51.8 Å². The Labute approximate surface area is 191 Å². The van der Waals surface area contributed by atoms with Gasteiger partial charge >= 0.3 is 0 Å². The summed E-state index contributed by atoms with van der Waals surface area (Å²) < 4.78 is 5.52. The molecule has 5 nitrogen and oxygen atoms in total. The quantitative estimate of drug-likeness (QED) is 0.379. The van der Waals surface area contributed by atoms with Gasteiger partial charge in [-0.05, 0) is 54.7 Å². The second-order valence-corrected chi connectivity index (χ2v) is 8.64. The van der Waals surface area contributed by atoms with Crippen molar-refractivity contribution in [2.24, 2.45) is 0 Å². The lowest BCUT2D eigenvalue weighted by Crippen LogP contribution is -2.19. The first kappa shape index (κ1) is 19.6. The molecule has 0 spiro atoms. The van der Waals surface area contributed by atoms with Gasteiger partial charge < -0.3 is 9.84 Å². The van der Waals surface area contributed by atoms with Gasteiger partial charge in [-0.15, -0.1) is 0 Å². The number of nitrogens with zero attached hydrogens (tertiary/aromatic N) is 1. The number of hydrogen-bond donors (Lipinski definition) is 2. The van der Waals surface area contributed by atoms with Crippen molar-refractivity contribution in [2.75, 3.05) is 5.32 Å². The highest BCUT2D eigenvalue weighted by molar-refractivity contribution is 6.03. The summed E-state index contributed by atoms with van der Waals surface area (Å²) in [4.78, 5) is 16.7. The van der Waals surface area contributed by atoms with E-state index in [-0.39, 0.29) is 5.56 Å². The van der Waals surface area contributed by atoms with Crippen molar-refractivity contribution in [3.05, 3.63) is 106 Å². The van der Waals surface area contributed by atoms with Gasteiger partial charge in [-0.3, -0.25) is 9.78 Å². The van der Waals surface area contributed by atoms with Crippen LogP contribution in [0.5, 0.6) is 0 Å². The molecule has 0 radical (unpaired) electrons. The van der Waals surface area contributed by atoms with Crippen LogP contribution in [-0.2, 0) is 12.8 Å². The third-order valence-electron chi connectivity index (χ3n) is 6.42. The number of aromatic amines is 1. The maximum absolute atomic E-state index is 11.8. The van der Waals surface area contributed by atoms with Gasteiger partial charge in [0.1, 0.15) is 0 Å². The fourth-order valence-corrected chi connectivity index (χ4v) is 4.98. The van der Waals surface area contributed by atoms with Crippen molar-refractivity contribution in [3.8, 4) is 22.5 Å². The Morgan fingerprint density at radius 1 is 0.909 bits per heavy atom. The number of hydrogen-bond acceptors (Lipinski definition) is 4. The van der Waals surface area contributed by atoms with Crippen LogP contribution in [0.2, 0.25) is 0 Å². The smallest absolute Gasteiger partial charge is 0.280 e. The van der Waals surface area contributed by atoms with Gasteiger partial charge in [0.25, 0.3) is 5.56 Å². The van der Waals surface area contributed by atoms with Gasteiger partial charge in [0, 0.05) is 33.9 Å². The van der Waals surface area contributed by atoms with E-state index in [4.69, 9.17) is 9.51 Å². The summed E-state index contributed by atoms with van der Waals surface area (Å²) in [7, 11) is 0. The second kappa shape index (κ2) is 7.78. The zero-order valence-electron chi connectivity index (χ0n) is 18.3. The summed E-state index contributed by atoms with van der Waals surface area (Å²) in [6.45, 7) is 1.95. The maximum atomic E-state index is 11.8. The molecule has 0 bridgehead atoms. The second-order valence-electron chi connectivity index (χ2n) is 8.64. The molecule has 3 aromatic carbocycles. The molecule has 0 atom stereocenters. The van der Waals surface area contributed by atoms with Crippen LogP contribution in [0.15, 0.2) is 88.2 Å². The molecule has 0 unspecified atom stereocenters. The molecule has 1 aliphatic rings. The Morgan fingerprint density at radius 2 is 1.64 bits per heavy atom. The molecule has 0 saturated carbocycles. The molecule has 1 aliphatic carbocycles. The molecule has 2 aromatic heterocycles. The van der Waals surface area contributed by atoms with E-state index in [0.29, 0.717) is 11.8 Å². The molecule has 6 rings (SSSR count). The first-order chi connectivity index (χ1) is 16.2. The van der Waals surface area contributed by atoms with E-state index in [1.807, 2.05) is 25.1 Å². The average Bonchev–Trinajstić information content (AvgIpc) is 3.44. The minimum Gasteiger partial charge on any atom is -0.382 e. The Hall–Kier alpha value is -4.12. The largest absolute Gasteiger partial charge is 0.382 e. The molecule has 0 amide bonds. The molecule has 0 fully saturated rings. The predicted octanol–water partition coefficient (Wildman–Crippen LogP) is 5.74. The highest BCUT2D eigenvalue weighted by Crippen LogP contribution is 2.40. The van der Waals surface area contributed by atoms with Crippen LogP contribution < -0.4 is 10.9 Å². The van der Waals surface area contributed by atoms with E-state index in [9.17, 15) is 4.79 Å². The number of aryl methyl sites for hydroxylation is 1. The molecule has 2 heterocycles. The molecule has 0 aliphatic heterocycles. The van der Waals surface area contributed by atoms with Crippen LogP contribution >= 0.6 is 0 Å². The number of rotatable bonds is 4. The molecule has 162 valence electrons. The number of H-pyrrole nitrogens is 1. The van der Waals surface area contributed by atoms with E-state index in [2.05, 4.69) is 65.1 Å². The van der Waals surface area contributed by atoms with Crippen LogP contribution in [-0.4, -0.2) is 16.2 Å². The van der Waals surface area contributed by atoms with Crippen molar-refractivity contribution >= 4 is 16.6 Å². The van der Waals surface area contributed by atoms with E-state index in [1.54, 1.807) is 0 Å². The fraction of sp³-hybridized carbons (Fsp3) is 0.143. The Balaban J connectivity index is 1.49. The van der Waals surface area contributed by atoms with Crippen LogP contribution in [0.3, 0.4) is 0 Å². The monoisotopic (exact) mass is 433 g/mol. The molecule has 33 heavy (non-hydrogen) atoms. The lowest BCUT2D eigenvalue weighted by atomic mass is 9.93. The normalized spacial score (nSPS) is 13.4. The molecular weight excluding hydrogens is 410 g/mol. The summed E-state index contributed by atoms with van der Waals surface area (Å²) in [5, 5.41) is 7.17. The zero-order valence-corrected chi connectivity index (χ0v) is 18.3. The summed E-state index contributed by atoms with van der Waals surface area (Å²) in [5.74, 6) is 0.496. The topological polar surface area (TPSA) is 70.9 Å². The minimum absolute atomic E-state index is 0.264. The summed E-state index contributed by atoms with van der Waals surface area (Å²) in [6.07, 6.45) is 2.04. The lowest BCUT2D eigenvalue weighted by molar-refractivity contribution is 0.425. The van der Waals surface area contributed by atoms with Crippen molar-refractivity contribution in [3.63, 3.8) is 0 Å². The summed E-state index contributed by atoms with van der Waals surface area (Å²) >= 11 is 0. The van der Waals surface area contributed by atoms with Gasteiger partial charge in [0.2, 0.25) is 0 Å². The van der Waals surface area contributed by atoms with Crippen LogP contribution in [0.1, 0.15) is 16.8 Å². The molecular formula is C28H23N3O2. The average molecular weight is 434 g/mol. The Kier molecular flexibility index (Phi) is 4.61. The van der Waals surface area contributed by atoms with E-state index in [1.165, 1.54) is 17.2 Å². The van der Waals surface area contributed by atoms with E-state index < -0.39 is 0 Å². The van der Waals surface area contributed by atoms with Crippen LogP contribution in [0.25, 0.3) is 33.4 Å². The number of benzene rings is 3. The third kappa shape index (κ3) is 3.52. The predicted molar refractivity (Wildman–Crippen MR) is 131 cm³/mol. The van der Waals surface area contributed by atoms with Crippen molar-refractivity contribution in [2.45, 2.75) is 25.8 Å². The van der Waals surface area contributed by atoms with Gasteiger partial charge in [0.15, 0.2) is 5.76 Å². The van der Waals surface area contributed by atoms with Crippen LogP contribution in [0, 0.1) is 6.92 Å². The SMILES string of the molecule is Cc1nc2ccc(NC3Cc4ccccc4C3)cc2c(-c2ccccc2)c1-c1cc(=O)[nH]o1. The Bertz CT molecular complexity index is 1510. The highest BCUT2D eigenvalue weighted by atomic mass is 16.5. The summed E-state index contributed by atoms with van der Waals surface area (Å²) in [6, 6.07) is 27.0. The number of nitrogens with one attached hydrogen (secondary N) is 2. The standard InChI is InChI=1S/C28H23N3O2/c1-17-27(25-16-26(32)31-33-25)28(18-7-3-2-4-8-18)23-15-21(11-12-24(23)29-17)30-22-13-19-9-5-6-10-20(19)14-22/h2-12,15-16,22,30H,13-14H2,1H3,(H,31,32).